The molecule has 0 heterocycles. The van der Waals surface area contributed by atoms with E-state index in [4.69, 9.17) is 18.0 Å². The molecule has 17 heavy (non-hydrogen) atoms. The molecule has 0 aromatic rings. The van der Waals surface area contributed by atoms with E-state index in [9.17, 15) is 0 Å². The molecule has 1 unspecified atom stereocenters. The standard InChI is InChI=1S/C12H26O4Si/c1-6-11-13-12(7-2)17(14-8-3,15-9-4)16-10-5/h6,12H,1,7-11H2,2-5H3. The molecule has 0 amide bonds. The van der Waals surface area contributed by atoms with E-state index < -0.39 is 8.80 Å². The highest BCUT2D eigenvalue weighted by molar-refractivity contribution is 6.62. The normalized spacial score (nSPS) is 13.6. The second-order valence-electron chi connectivity index (χ2n) is 3.42. The summed E-state index contributed by atoms with van der Waals surface area (Å²) < 4.78 is 23.1. The third kappa shape index (κ3) is 5.31. The molecule has 0 bridgehead atoms. The maximum atomic E-state index is 5.80. The average molecular weight is 262 g/mol. The maximum Gasteiger partial charge on any atom is 0.531 e. The van der Waals surface area contributed by atoms with Gasteiger partial charge in [-0.25, -0.2) is 0 Å². The molecule has 0 aromatic carbocycles. The minimum Gasteiger partial charge on any atom is -0.372 e. The fraction of sp³-hybridized carbons (Fsp3) is 0.833. The van der Waals surface area contributed by atoms with Gasteiger partial charge in [-0.05, 0) is 27.2 Å². The summed E-state index contributed by atoms with van der Waals surface area (Å²) in [5.74, 6) is 0. The lowest BCUT2D eigenvalue weighted by Crippen LogP contribution is -2.57. The van der Waals surface area contributed by atoms with E-state index in [1.807, 2.05) is 27.7 Å². The van der Waals surface area contributed by atoms with Gasteiger partial charge in [0.2, 0.25) is 0 Å². The van der Waals surface area contributed by atoms with Gasteiger partial charge < -0.3 is 18.0 Å². The van der Waals surface area contributed by atoms with Crippen LogP contribution in [-0.4, -0.2) is 41.0 Å². The summed E-state index contributed by atoms with van der Waals surface area (Å²) in [6.45, 7) is 13.7. The topological polar surface area (TPSA) is 36.9 Å². The van der Waals surface area contributed by atoms with Crippen LogP contribution in [0.25, 0.3) is 0 Å². The Morgan fingerprint density at radius 3 is 1.76 bits per heavy atom. The van der Waals surface area contributed by atoms with Gasteiger partial charge in [-0.2, -0.15) is 0 Å². The first kappa shape index (κ1) is 16.8. The zero-order valence-electron chi connectivity index (χ0n) is 11.5. The van der Waals surface area contributed by atoms with E-state index in [0.29, 0.717) is 26.4 Å². The van der Waals surface area contributed by atoms with Crippen LogP contribution in [0.5, 0.6) is 0 Å². The Labute approximate surface area is 106 Å². The van der Waals surface area contributed by atoms with E-state index >= 15 is 0 Å². The number of ether oxygens (including phenoxy) is 1. The molecule has 1 atom stereocenters. The van der Waals surface area contributed by atoms with Crippen LogP contribution in [-0.2, 0) is 18.0 Å². The molecule has 5 heteroatoms. The molecule has 0 saturated carbocycles. The van der Waals surface area contributed by atoms with E-state index in [2.05, 4.69) is 6.58 Å². The average Bonchev–Trinajstić information content (AvgIpc) is 2.31. The van der Waals surface area contributed by atoms with Gasteiger partial charge in [0, 0.05) is 19.8 Å². The summed E-state index contributed by atoms with van der Waals surface area (Å²) in [5.41, 5.74) is -0.125. The molecule has 4 nitrogen and oxygen atoms in total. The van der Waals surface area contributed by atoms with Crippen LogP contribution in [0.4, 0.5) is 0 Å². The largest absolute Gasteiger partial charge is 0.531 e. The fourth-order valence-electron chi connectivity index (χ4n) is 1.66. The molecule has 0 aliphatic heterocycles. The van der Waals surface area contributed by atoms with Crippen molar-refractivity contribution in [3.05, 3.63) is 12.7 Å². The highest BCUT2D eigenvalue weighted by atomic mass is 28.4. The lowest BCUT2D eigenvalue weighted by atomic mass is 10.5. The van der Waals surface area contributed by atoms with Gasteiger partial charge in [0.05, 0.1) is 6.61 Å². The van der Waals surface area contributed by atoms with E-state index in [1.54, 1.807) is 6.08 Å². The summed E-state index contributed by atoms with van der Waals surface area (Å²) in [7, 11) is -2.73. The van der Waals surface area contributed by atoms with E-state index in [1.165, 1.54) is 0 Å². The fourth-order valence-corrected chi connectivity index (χ4v) is 4.48. The van der Waals surface area contributed by atoms with Crippen LogP contribution < -0.4 is 0 Å². The second kappa shape index (κ2) is 9.79. The first-order chi connectivity index (χ1) is 8.20. The predicted octanol–water partition coefficient (Wildman–Crippen LogP) is 2.56. The number of hydrogen-bond acceptors (Lipinski definition) is 4. The van der Waals surface area contributed by atoms with Crippen LogP contribution in [0, 0.1) is 0 Å². The molecule has 102 valence electrons. The maximum absolute atomic E-state index is 5.80. The summed E-state index contributed by atoms with van der Waals surface area (Å²) in [4.78, 5) is 0. The van der Waals surface area contributed by atoms with E-state index in [0.717, 1.165) is 6.42 Å². The highest BCUT2D eigenvalue weighted by Gasteiger charge is 2.49. The van der Waals surface area contributed by atoms with E-state index in [-0.39, 0.29) is 5.73 Å². The van der Waals surface area contributed by atoms with Gasteiger partial charge in [0.15, 0.2) is 0 Å². The first-order valence-electron chi connectivity index (χ1n) is 6.34. The Hall–Kier alpha value is -0.203. The molecule has 0 fully saturated rings. The molecule has 0 N–H and O–H groups in total. The monoisotopic (exact) mass is 262 g/mol. The Morgan fingerprint density at radius 1 is 1.00 bits per heavy atom. The Kier molecular flexibility index (Phi) is 9.67. The van der Waals surface area contributed by atoms with Crippen molar-refractivity contribution in [1.29, 1.82) is 0 Å². The zero-order chi connectivity index (χ0) is 13.1. The van der Waals surface area contributed by atoms with Gasteiger partial charge in [0.1, 0.15) is 5.73 Å². The smallest absolute Gasteiger partial charge is 0.372 e. The summed E-state index contributed by atoms with van der Waals surface area (Å²) in [6.07, 6.45) is 2.53. The van der Waals surface area contributed by atoms with Crippen molar-refractivity contribution in [3.63, 3.8) is 0 Å². The van der Waals surface area contributed by atoms with Crippen molar-refractivity contribution in [2.45, 2.75) is 39.8 Å². The Balaban J connectivity index is 4.82. The lowest BCUT2D eigenvalue weighted by Gasteiger charge is -2.34. The molecule has 0 aromatic heterocycles. The van der Waals surface area contributed by atoms with Gasteiger partial charge in [-0.15, -0.1) is 6.58 Å². The van der Waals surface area contributed by atoms with Gasteiger partial charge in [-0.1, -0.05) is 13.0 Å². The third-order valence-corrected chi connectivity index (χ3v) is 5.65. The van der Waals surface area contributed by atoms with Crippen molar-refractivity contribution in [2.24, 2.45) is 0 Å². The van der Waals surface area contributed by atoms with Crippen molar-refractivity contribution in [3.8, 4) is 0 Å². The molecule has 0 radical (unpaired) electrons. The number of rotatable bonds is 11. The zero-order valence-corrected chi connectivity index (χ0v) is 12.5. The van der Waals surface area contributed by atoms with Crippen molar-refractivity contribution < 1.29 is 18.0 Å². The predicted molar refractivity (Wildman–Crippen MR) is 70.9 cm³/mol. The van der Waals surface area contributed by atoms with Crippen molar-refractivity contribution in [2.75, 3.05) is 26.4 Å². The summed E-state index contributed by atoms with van der Waals surface area (Å²) in [5, 5.41) is 0. The van der Waals surface area contributed by atoms with Crippen molar-refractivity contribution in [1.82, 2.24) is 0 Å². The first-order valence-corrected chi connectivity index (χ1v) is 8.15. The summed E-state index contributed by atoms with van der Waals surface area (Å²) in [6, 6.07) is 0. The molecule has 0 rings (SSSR count). The lowest BCUT2D eigenvalue weighted by molar-refractivity contribution is -0.00361. The van der Waals surface area contributed by atoms with Crippen LogP contribution in [0.3, 0.4) is 0 Å². The Bertz CT molecular complexity index is 182. The van der Waals surface area contributed by atoms with Crippen molar-refractivity contribution >= 4 is 8.80 Å². The third-order valence-electron chi connectivity index (χ3n) is 2.22. The quantitative estimate of drug-likeness (QED) is 0.423. The minimum atomic E-state index is -2.73. The molecule has 0 aliphatic carbocycles. The SMILES string of the molecule is C=CCOC(CC)[Si](OCC)(OCC)OCC. The molecule has 0 saturated heterocycles. The number of hydrogen-bond donors (Lipinski definition) is 0. The molecule has 0 aliphatic rings. The van der Waals surface area contributed by atoms with Gasteiger partial charge in [-0.3, -0.25) is 0 Å². The Morgan fingerprint density at radius 2 is 1.47 bits per heavy atom. The summed E-state index contributed by atoms with van der Waals surface area (Å²) >= 11 is 0. The molecule has 0 spiro atoms. The van der Waals surface area contributed by atoms with Crippen LogP contribution in [0.1, 0.15) is 34.1 Å². The van der Waals surface area contributed by atoms with Crippen LogP contribution >= 0.6 is 0 Å². The van der Waals surface area contributed by atoms with Gasteiger partial charge in [0.25, 0.3) is 0 Å². The molecular formula is C12H26O4Si. The highest BCUT2D eigenvalue weighted by Crippen LogP contribution is 2.20. The van der Waals surface area contributed by atoms with Crippen LogP contribution in [0.2, 0.25) is 0 Å². The minimum absolute atomic E-state index is 0.125. The van der Waals surface area contributed by atoms with Crippen LogP contribution in [0.15, 0.2) is 12.7 Å². The van der Waals surface area contributed by atoms with Gasteiger partial charge >= 0.3 is 8.80 Å². The second-order valence-corrected chi connectivity index (χ2v) is 6.14. The molecular weight excluding hydrogens is 236 g/mol.